The molecule has 0 bridgehead atoms. The number of methoxy groups -OCH3 is 3. The molecule has 7 nitrogen and oxygen atoms in total. The first kappa shape index (κ1) is 23.3. The van der Waals surface area contributed by atoms with Crippen LogP contribution in [-0.4, -0.2) is 33.3 Å². The van der Waals surface area contributed by atoms with Crippen molar-refractivity contribution < 1.29 is 33.3 Å². The Kier molecular flexibility index (Phi) is 6.54. The van der Waals surface area contributed by atoms with E-state index in [2.05, 4.69) is 0 Å². The Morgan fingerprint density at radius 2 is 1.13 bits per heavy atom. The molecular weight excluding hydrogens is 388 g/mol. The number of hydrogen-bond acceptors (Lipinski definition) is 7. The number of benzene rings is 2. The standard InChI is InChI=1S/C23H30O7/c1-22(2,3)20(24)29-16-13-11-10-12-14(26-7)15(13)17(19(28-9)18(16)27-8)30-21(25)23(4,5)6/h10-12H,1-9H3. The van der Waals surface area contributed by atoms with Crippen LogP contribution in [0.2, 0.25) is 0 Å². The highest BCUT2D eigenvalue weighted by Crippen LogP contribution is 2.54. The first-order chi connectivity index (χ1) is 13.9. The van der Waals surface area contributed by atoms with Gasteiger partial charge in [-0.05, 0) is 47.6 Å². The lowest BCUT2D eigenvalue weighted by molar-refractivity contribution is -0.144. The molecule has 2 aromatic carbocycles. The number of hydrogen-bond donors (Lipinski definition) is 0. The second kappa shape index (κ2) is 8.42. The van der Waals surface area contributed by atoms with Gasteiger partial charge in [-0.25, -0.2) is 0 Å². The van der Waals surface area contributed by atoms with Gasteiger partial charge in [-0.3, -0.25) is 9.59 Å². The van der Waals surface area contributed by atoms with Gasteiger partial charge >= 0.3 is 11.9 Å². The lowest BCUT2D eigenvalue weighted by atomic mass is 9.97. The fourth-order valence-corrected chi connectivity index (χ4v) is 2.63. The van der Waals surface area contributed by atoms with Crippen molar-refractivity contribution in [1.29, 1.82) is 0 Å². The van der Waals surface area contributed by atoms with Gasteiger partial charge in [0.15, 0.2) is 11.5 Å². The van der Waals surface area contributed by atoms with E-state index in [0.29, 0.717) is 16.5 Å². The van der Waals surface area contributed by atoms with Gasteiger partial charge in [-0.2, -0.15) is 0 Å². The summed E-state index contributed by atoms with van der Waals surface area (Å²) in [7, 11) is 4.35. The van der Waals surface area contributed by atoms with E-state index in [9.17, 15) is 9.59 Å². The van der Waals surface area contributed by atoms with Crippen molar-refractivity contribution in [1.82, 2.24) is 0 Å². The lowest BCUT2D eigenvalue weighted by Gasteiger charge is -2.24. The summed E-state index contributed by atoms with van der Waals surface area (Å²) in [6.07, 6.45) is 0. The van der Waals surface area contributed by atoms with E-state index < -0.39 is 22.8 Å². The van der Waals surface area contributed by atoms with E-state index in [1.54, 1.807) is 59.7 Å². The molecule has 30 heavy (non-hydrogen) atoms. The summed E-state index contributed by atoms with van der Waals surface area (Å²) in [4.78, 5) is 25.4. The van der Waals surface area contributed by atoms with Crippen LogP contribution in [0.5, 0.6) is 28.7 Å². The van der Waals surface area contributed by atoms with Crippen molar-refractivity contribution in [3.05, 3.63) is 18.2 Å². The van der Waals surface area contributed by atoms with E-state index in [-0.39, 0.29) is 23.0 Å². The zero-order chi connectivity index (χ0) is 22.9. The fourth-order valence-electron chi connectivity index (χ4n) is 2.63. The van der Waals surface area contributed by atoms with Crippen molar-refractivity contribution in [2.24, 2.45) is 10.8 Å². The van der Waals surface area contributed by atoms with Gasteiger partial charge in [0, 0.05) is 5.39 Å². The fraction of sp³-hybridized carbons (Fsp3) is 0.478. The number of carbonyl (C=O) groups excluding carboxylic acids is 2. The molecule has 2 rings (SSSR count). The summed E-state index contributed by atoms with van der Waals surface area (Å²) in [5, 5.41) is 0.924. The van der Waals surface area contributed by atoms with E-state index in [4.69, 9.17) is 23.7 Å². The van der Waals surface area contributed by atoms with Gasteiger partial charge in [0.25, 0.3) is 0 Å². The third-order valence-electron chi connectivity index (χ3n) is 4.36. The van der Waals surface area contributed by atoms with Gasteiger partial charge in [0.2, 0.25) is 11.5 Å². The molecule has 0 radical (unpaired) electrons. The Labute approximate surface area is 177 Å². The topological polar surface area (TPSA) is 80.3 Å². The minimum absolute atomic E-state index is 0.129. The number of carbonyl (C=O) groups is 2. The number of fused-ring (bicyclic) bond motifs is 1. The SMILES string of the molecule is COc1c(OC)c(OC(=O)C(C)(C)C)c2c(OC)cccc2c1OC(=O)C(C)(C)C. The third-order valence-corrected chi connectivity index (χ3v) is 4.36. The van der Waals surface area contributed by atoms with E-state index >= 15 is 0 Å². The van der Waals surface area contributed by atoms with Gasteiger partial charge in [-0.15, -0.1) is 0 Å². The van der Waals surface area contributed by atoms with Crippen molar-refractivity contribution >= 4 is 22.7 Å². The van der Waals surface area contributed by atoms with Crippen LogP contribution >= 0.6 is 0 Å². The average Bonchev–Trinajstić information content (AvgIpc) is 2.66. The summed E-state index contributed by atoms with van der Waals surface area (Å²) in [6.45, 7) is 10.5. The van der Waals surface area contributed by atoms with Crippen LogP contribution in [0, 0.1) is 10.8 Å². The average molecular weight is 418 g/mol. The highest BCUT2D eigenvalue weighted by atomic mass is 16.6. The smallest absolute Gasteiger partial charge is 0.316 e. The summed E-state index contributed by atoms with van der Waals surface area (Å²) >= 11 is 0. The molecule has 0 saturated carbocycles. The quantitative estimate of drug-likeness (QED) is 0.511. The van der Waals surface area contributed by atoms with Crippen LogP contribution in [-0.2, 0) is 9.59 Å². The van der Waals surface area contributed by atoms with E-state index in [0.717, 1.165) is 0 Å². The Morgan fingerprint density at radius 3 is 1.57 bits per heavy atom. The molecule has 0 atom stereocenters. The number of esters is 2. The zero-order valence-corrected chi connectivity index (χ0v) is 19.1. The molecule has 0 fully saturated rings. The summed E-state index contributed by atoms with van der Waals surface area (Å²) in [5.41, 5.74) is -1.51. The minimum Gasteiger partial charge on any atom is -0.496 e. The van der Waals surface area contributed by atoms with Crippen LogP contribution < -0.4 is 23.7 Å². The van der Waals surface area contributed by atoms with Crippen LogP contribution in [0.25, 0.3) is 10.8 Å². The molecule has 0 N–H and O–H groups in total. The molecule has 0 spiro atoms. The van der Waals surface area contributed by atoms with Crippen molar-refractivity contribution in [3.8, 4) is 28.7 Å². The van der Waals surface area contributed by atoms with E-state index in [1.165, 1.54) is 21.3 Å². The first-order valence-electron chi connectivity index (χ1n) is 9.56. The maximum Gasteiger partial charge on any atom is 0.316 e. The molecule has 2 aromatic rings. The van der Waals surface area contributed by atoms with Crippen molar-refractivity contribution in [3.63, 3.8) is 0 Å². The normalized spacial score (nSPS) is 11.8. The first-order valence-corrected chi connectivity index (χ1v) is 9.56. The monoisotopic (exact) mass is 418 g/mol. The molecule has 0 heterocycles. The Bertz CT molecular complexity index is 962. The van der Waals surface area contributed by atoms with Crippen LogP contribution in [0.1, 0.15) is 41.5 Å². The third kappa shape index (κ3) is 4.45. The van der Waals surface area contributed by atoms with E-state index in [1.807, 2.05) is 0 Å². The molecule has 0 aliphatic heterocycles. The molecule has 0 amide bonds. The van der Waals surface area contributed by atoms with Crippen LogP contribution in [0.15, 0.2) is 18.2 Å². The minimum atomic E-state index is -0.760. The van der Waals surface area contributed by atoms with Crippen LogP contribution in [0.3, 0.4) is 0 Å². The maximum atomic E-state index is 12.7. The number of ether oxygens (including phenoxy) is 5. The molecule has 164 valence electrons. The Morgan fingerprint density at radius 1 is 0.667 bits per heavy atom. The van der Waals surface area contributed by atoms with Crippen LogP contribution in [0.4, 0.5) is 0 Å². The Hall–Kier alpha value is -2.96. The molecule has 0 aliphatic rings. The summed E-state index contributed by atoms with van der Waals surface area (Å²) in [6, 6.07) is 5.20. The molecule has 0 saturated heterocycles. The summed E-state index contributed by atoms with van der Waals surface area (Å²) in [5.74, 6) is 0.0894. The van der Waals surface area contributed by atoms with Gasteiger partial charge in [-0.1, -0.05) is 12.1 Å². The molecule has 0 aromatic heterocycles. The lowest BCUT2D eigenvalue weighted by Crippen LogP contribution is -2.27. The molecule has 7 heteroatoms. The molecule has 0 unspecified atom stereocenters. The highest BCUT2D eigenvalue weighted by molar-refractivity contribution is 6.05. The predicted molar refractivity (Wildman–Crippen MR) is 114 cm³/mol. The highest BCUT2D eigenvalue weighted by Gasteiger charge is 2.33. The Balaban J connectivity index is 2.92. The summed E-state index contributed by atoms with van der Waals surface area (Å²) < 4.78 is 28.1. The maximum absolute atomic E-state index is 12.7. The molecule has 0 aliphatic carbocycles. The zero-order valence-electron chi connectivity index (χ0n) is 19.1. The predicted octanol–water partition coefficient (Wildman–Crippen LogP) is 4.77. The second-order valence-electron chi connectivity index (χ2n) is 8.89. The van der Waals surface area contributed by atoms with Gasteiger partial charge in [0.05, 0.1) is 37.5 Å². The van der Waals surface area contributed by atoms with Gasteiger partial charge in [0.1, 0.15) is 5.75 Å². The number of rotatable bonds is 5. The largest absolute Gasteiger partial charge is 0.496 e. The van der Waals surface area contributed by atoms with Crippen molar-refractivity contribution in [2.75, 3.05) is 21.3 Å². The molecular formula is C23H30O7. The second-order valence-corrected chi connectivity index (χ2v) is 8.89. The van der Waals surface area contributed by atoms with Crippen molar-refractivity contribution in [2.45, 2.75) is 41.5 Å². The van der Waals surface area contributed by atoms with Gasteiger partial charge < -0.3 is 23.7 Å².